The smallest absolute Gasteiger partial charge is 0.165 e. The van der Waals surface area contributed by atoms with Crippen LogP contribution in [0, 0.1) is 6.92 Å². The molecule has 90 valence electrons. The van der Waals surface area contributed by atoms with E-state index in [4.69, 9.17) is 0 Å². The maximum Gasteiger partial charge on any atom is 0.165 e. The molecule has 0 radical (unpaired) electrons. The number of aromatic nitrogens is 4. The third-order valence-corrected chi connectivity index (χ3v) is 2.64. The summed E-state index contributed by atoms with van der Waals surface area (Å²) in [5, 5.41) is 14.7. The number of aryl methyl sites for hydroxylation is 3. The number of rotatable bonds is 5. The van der Waals surface area contributed by atoms with Gasteiger partial charge in [0.25, 0.3) is 0 Å². The molecule has 1 aromatic carbocycles. The first-order valence-electron chi connectivity index (χ1n) is 5.75. The van der Waals surface area contributed by atoms with Crippen molar-refractivity contribution in [3.05, 3.63) is 41.2 Å². The van der Waals surface area contributed by atoms with Gasteiger partial charge in [-0.25, -0.2) is 4.68 Å². The molecular formula is C12H17N5. The van der Waals surface area contributed by atoms with Crippen molar-refractivity contribution >= 4 is 0 Å². The molecule has 0 fully saturated rings. The van der Waals surface area contributed by atoms with Gasteiger partial charge < -0.3 is 5.32 Å². The standard InChI is InChI=1S/C12H17N5/c1-10-4-3-5-11(8-10)6-7-17-12(9-13-2)14-15-16-17/h3-5,8,13H,6-7,9H2,1-2H3. The predicted octanol–water partition coefficient (Wildman–Crippen LogP) is 0.944. The lowest BCUT2D eigenvalue weighted by molar-refractivity contribution is 0.553. The molecule has 17 heavy (non-hydrogen) atoms. The Bertz CT molecular complexity index is 477. The van der Waals surface area contributed by atoms with Crippen LogP contribution in [0.3, 0.4) is 0 Å². The summed E-state index contributed by atoms with van der Waals surface area (Å²) in [5.74, 6) is 0.875. The summed E-state index contributed by atoms with van der Waals surface area (Å²) in [7, 11) is 1.89. The molecule has 1 aromatic heterocycles. The molecule has 0 unspecified atom stereocenters. The molecule has 5 heteroatoms. The number of tetrazole rings is 1. The van der Waals surface area contributed by atoms with Gasteiger partial charge >= 0.3 is 0 Å². The van der Waals surface area contributed by atoms with Gasteiger partial charge in [-0.3, -0.25) is 0 Å². The van der Waals surface area contributed by atoms with Crippen molar-refractivity contribution in [2.45, 2.75) is 26.4 Å². The molecule has 0 spiro atoms. The highest BCUT2D eigenvalue weighted by Gasteiger charge is 2.04. The minimum Gasteiger partial charge on any atom is -0.313 e. The van der Waals surface area contributed by atoms with Crippen molar-refractivity contribution in [2.75, 3.05) is 7.05 Å². The van der Waals surface area contributed by atoms with E-state index in [0.717, 1.165) is 18.8 Å². The maximum absolute atomic E-state index is 3.99. The summed E-state index contributed by atoms with van der Waals surface area (Å²) in [5.41, 5.74) is 2.60. The lowest BCUT2D eigenvalue weighted by Crippen LogP contribution is -2.14. The zero-order valence-corrected chi connectivity index (χ0v) is 10.2. The lowest BCUT2D eigenvalue weighted by Gasteiger charge is -2.05. The van der Waals surface area contributed by atoms with E-state index in [1.807, 2.05) is 11.7 Å². The SMILES string of the molecule is CNCc1nnnn1CCc1cccc(C)c1. The fraction of sp³-hybridized carbons (Fsp3) is 0.417. The van der Waals surface area contributed by atoms with Crippen LogP contribution >= 0.6 is 0 Å². The van der Waals surface area contributed by atoms with E-state index in [9.17, 15) is 0 Å². The average Bonchev–Trinajstić information content (AvgIpc) is 2.75. The minimum absolute atomic E-state index is 0.695. The van der Waals surface area contributed by atoms with E-state index in [1.165, 1.54) is 11.1 Å². The number of nitrogens with zero attached hydrogens (tertiary/aromatic N) is 4. The fourth-order valence-electron chi connectivity index (χ4n) is 1.78. The second-order valence-electron chi connectivity index (χ2n) is 4.09. The van der Waals surface area contributed by atoms with Crippen molar-refractivity contribution in [3.63, 3.8) is 0 Å². The van der Waals surface area contributed by atoms with Gasteiger partial charge in [-0.2, -0.15) is 0 Å². The summed E-state index contributed by atoms with van der Waals surface area (Å²) in [6.07, 6.45) is 0.948. The normalized spacial score (nSPS) is 10.7. The van der Waals surface area contributed by atoms with Crippen LogP contribution in [-0.4, -0.2) is 27.3 Å². The average molecular weight is 231 g/mol. The van der Waals surface area contributed by atoms with E-state index in [-0.39, 0.29) is 0 Å². The predicted molar refractivity (Wildman–Crippen MR) is 65.5 cm³/mol. The molecule has 5 nitrogen and oxygen atoms in total. The van der Waals surface area contributed by atoms with Gasteiger partial charge in [0, 0.05) is 6.54 Å². The molecule has 2 rings (SSSR count). The van der Waals surface area contributed by atoms with Crippen molar-refractivity contribution < 1.29 is 0 Å². The van der Waals surface area contributed by atoms with Crippen LogP contribution in [0.4, 0.5) is 0 Å². The molecule has 0 aliphatic carbocycles. The Morgan fingerprint density at radius 2 is 2.24 bits per heavy atom. The van der Waals surface area contributed by atoms with Crippen molar-refractivity contribution in [2.24, 2.45) is 0 Å². The summed E-state index contributed by atoms with van der Waals surface area (Å²) in [6.45, 7) is 3.61. The monoisotopic (exact) mass is 231 g/mol. The van der Waals surface area contributed by atoms with E-state index in [2.05, 4.69) is 52.0 Å². The van der Waals surface area contributed by atoms with Gasteiger partial charge in [-0.05, 0) is 36.4 Å². The topological polar surface area (TPSA) is 55.6 Å². The van der Waals surface area contributed by atoms with E-state index in [0.29, 0.717) is 6.54 Å². The Balaban J connectivity index is 1.99. The van der Waals surface area contributed by atoms with Gasteiger partial charge in [0.2, 0.25) is 0 Å². The zero-order valence-electron chi connectivity index (χ0n) is 10.2. The molecule has 0 atom stereocenters. The molecule has 0 bridgehead atoms. The first-order chi connectivity index (χ1) is 8.29. The Morgan fingerprint density at radius 3 is 3.00 bits per heavy atom. The Kier molecular flexibility index (Phi) is 3.82. The minimum atomic E-state index is 0.695. The molecule has 1 heterocycles. The second kappa shape index (κ2) is 5.54. The first kappa shape index (κ1) is 11.7. The summed E-state index contributed by atoms with van der Waals surface area (Å²) >= 11 is 0. The van der Waals surface area contributed by atoms with Crippen LogP contribution in [-0.2, 0) is 19.5 Å². The lowest BCUT2D eigenvalue weighted by atomic mass is 10.1. The van der Waals surface area contributed by atoms with Gasteiger partial charge in [0.05, 0.1) is 6.54 Å². The van der Waals surface area contributed by atoms with E-state index in [1.54, 1.807) is 0 Å². The Labute approximate surface area is 101 Å². The molecular weight excluding hydrogens is 214 g/mol. The quantitative estimate of drug-likeness (QED) is 0.832. The van der Waals surface area contributed by atoms with Crippen LogP contribution in [0.1, 0.15) is 17.0 Å². The maximum atomic E-state index is 3.99. The van der Waals surface area contributed by atoms with Gasteiger partial charge in [0.1, 0.15) is 0 Å². The molecule has 2 aromatic rings. The number of hydrogen-bond donors (Lipinski definition) is 1. The molecule has 0 saturated carbocycles. The molecule has 0 aliphatic rings. The molecule has 1 N–H and O–H groups in total. The van der Waals surface area contributed by atoms with Crippen molar-refractivity contribution in [1.82, 2.24) is 25.5 Å². The highest BCUT2D eigenvalue weighted by molar-refractivity contribution is 5.22. The van der Waals surface area contributed by atoms with Crippen LogP contribution in [0.5, 0.6) is 0 Å². The number of benzene rings is 1. The molecule has 0 amide bonds. The fourth-order valence-corrected chi connectivity index (χ4v) is 1.78. The summed E-state index contributed by atoms with van der Waals surface area (Å²) in [6, 6.07) is 8.52. The molecule has 0 aliphatic heterocycles. The van der Waals surface area contributed by atoms with Crippen LogP contribution in [0.2, 0.25) is 0 Å². The van der Waals surface area contributed by atoms with E-state index < -0.39 is 0 Å². The summed E-state index contributed by atoms with van der Waals surface area (Å²) < 4.78 is 1.85. The first-order valence-corrected chi connectivity index (χ1v) is 5.75. The largest absolute Gasteiger partial charge is 0.313 e. The van der Waals surface area contributed by atoms with Crippen LogP contribution < -0.4 is 5.32 Å². The Hall–Kier alpha value is -1.75. The zero-order chi connectivity index (χ0) is 12.1. The Morgan fingerprint density at radius 1 is 1.35 bits per heavy atom. The van der Waals surface area contributed by atoms with Crippen molar-refractivity contribution in [3.8, 4) is 0 Å². The third-order valence-electron chi connectivity index (χ3n) is 2.64. The highest BCUT2D eigenvalue weighted by atomic mass is 15.5. The molecule has 0 saturated heterocycles. The third kappa shape index (κ3) is 3.10. The van der Waals surface area contributed by atoms with Crippen LogP contribution in [0.15, 0.2) is 24.3 Å². The van der Waals surface area contributed by atoms with Crippen molar-refractivity contribution in [1.29, 1.82) is 0 Å². The van der Waals surface area contributed by atoms with Gasteiger partial charge in [-0.15, -0.1) is 5.10 Å². The number of nitrogens with one attached hydrogen (secondary N) is 1. The van der Waals surface area contributed by atoms with Gasteiger partial charge in [-0.1, -0.05) is 29.8 Å². The highest BCUT2D eigenvalue weighted by Crippen LogP contribution is 2.06. The van der Waals surface area contributed by atoms with E-state index >= 15 is 0 Å². The second-order valence-corrected chi connectivity index (χ2v) is 4.09. The number of hydrogen-bond acceptors (Lipinski definition) is 4. The van der Waals surface area contributed by atoms with Gasteiger partial charge in [0.15, 0.2) is 5.82 Å². The summed E-state index contributed by atoms with van der Waals surface area (Å²) in [4.78, 5) is 0. The van der Waals surface area contributed by atoms with Crippen LogP contribution in [0.25, 0.3) is 0 Å².